The van der Waals surface area contributed by atoms with Gasteiger partial charge in [0, 0.05) is 25.3 Å². The van der Waals surface area contributed by atoms with Gasteiger partial charge in [-0.15, -0.1) is 0 Å². The summed E-state index contributed by atoms with van der Waals surface area (Å²) in [5.41, 5.74) is 1.10. The molecule has 0 bridgehead atoms. The molecule has 1 saturated heterocycles. The van der Waals surface area contributed by atoms with Crippen molar-refractivity contribution >= 4 is 23.0 Å². The Morgan fingerprint density at radius 1 is 1.24 bits per heavy atom. The molecule has 1 aliphatic heterocycles. The van der Waals surface area contributed by atoms with Crippen LogP contribution in [-0.4, -0.2) is 34.4 Å². The van der Waals surface area contributed by atoms with Gasteiger partial charge >= 0.3 is 0 Å². The van der Waals surface area contributed by atoms with E-state index in [1.54, 1.807) is 30.3 Å². The number of thiocarbonyl (C=S) groups is 1. The van der Waals surface area contributed by atoms with Crippen LogP contribution in [-0.2, 0) is 11.3 Å². The number of nitrogens with one attached hydrogen (secondary N) is 1. The number of anilines is 1. The predicted octanol–water partition coefficient (Wildman–Crippen LogP) is 3.91. The lowest BCUT2D eigenvalue weighted by atomic mass is 10.1. The first-order valence-corrected chi connectivity index (χ1v) is 8.73. The van der Waals surface area contributed by atoms with Crippen LogP contribution in [0.15, 0.2) is 48.5 Å². The number of phenols is 1. The van der Waals surface area contributed by atoms with Crippen molar-refractivity contribution in [2.24, 2.45) is 0 Å². The number of phenolic OH excluding ortho intramolecular Hbond substituents is 1. The van der Waals surface area contributed by atoms with Gasteiger partial charge in [0.15, 0.2) is 5.11 Å². The van der Waals surface area contributed by atoms with Gasteiger partial charge in [0.25, 0.3) is 0 Å². The molecule has 3 rings (SSSR count). The minimum absolute atomic E-state index is 0.0891. The Hall–Kier alpha value is -2.18. The first-order chi connectivity index (χ1) is 12.1. The van der Waals surface area contributed by atoms with Gasteiger partial charge in [-0.1, -0.05) is 30.3 Å². The number of nitrogens with zero attached hydrogens (tertiary/aromatic N) is 1. The number of halogens is 1. The summed E-state index contributed by atoms with van der Waals surface area (Å²) in [7, 11) is 0. The van der Waals surface area contributed by atoms with E-state index in [2.05, 4.69) is 5.32 Å². The summed E-state index contributed by atoms with van der Waals surface area (Å²) in [6.07, 6.45) is 2.09. The summed E-state index contributed by atoms with van der Waals surface area (Å²) in [5.74, 6) is -0.141. The molecular weight excluding hydrogens is 339 g/mol. The molecule has 1 aliphatic rings. The van der Waals surface area contributed by atoms with E-state index in [1.807, 2.05) is 17.0 Å². The van der Waals surface area contributed by atoms with Crippen LogP contribution in [0.25, 0.3) is 0 Å². The average Bonchev–Trinajstić information content (AvgIpc) is 3.11. The maximum atomic E-state index is 13.9. The Balaban J connectivity index is 1.76. The van der Waals surface area contributed by atoms with E-state index in [9.17, 15) is 9.50 Å². The average molecular weight is 360 g/mol. The maximum absolute atomic E-state index is 13.9. The highest BCUT2D eigenvalue weighted by atomic mass is 32.1. The van der Waals surface area contributed by atoms with E-state index in [4.69, 9.17) is 17.0 Å². The van der Waals surface area contributed by atoms with Crippen molar-refractivity contribution in [3.05, 3.63) is 59.9 Å². The number of aromatic hydroxyl groups is 1. The van der Waals surface area contributed by atoms with E-state index in [0.29, 0.717) is 23.9 Å². The second-order valence-electron chi connectivity index (χ2n) is 6.05. The molecule has 0 aliphatic carbocycles. The van der Waals surface area contributed by atoms with Crippen molar-refractivity contribution in [2.45, 2.75) is 25.5 Å². The van der Waals surface area contributed by atoms with Crippen LogP contribution in [0.1, 0.15) is 18.4 Å². The summed E-state index contributed by atoms with van der Waals surface area (Å²) in [6, 6.07) is 13.6. The first-order valence-electron chi connectivity index (χ1n) is 8.32. The molecule has 1 fully saturated rings. The summed E-state index contributed by atoms with van der Waals surface area (Å²) < 4.78 is 19.6. The van der Waals surface area contributed by atoms with Crippen LogP contribution in [0.2, 0.25) is 0 Å². The first kappa shape index (κ1) is 17.6. The van der Waals surface area contributed by atoms with Crippen LogP contribution in [0.3, 0.4) is 0 Å². The Morgan fingerprint density at radius 3 is 2.72 bits per heavy atom. The molecule has 0 radical (unpaired) electrons. The van der Waals surface area contributed by atoms with Crippen molar-refractivity contribution < 1.29 is 14.2 Å². The molecule has 6 heteroatoms. The molecule has 0 aromatic heterocycles. The second kappa shape index (κ2) is 8.27. The number of benzene rings is 2. The van der Waals surface area contributed by atoms with Crippen LogP contribution in [0.5, 0.6) is 5.75 Å². The highest BCUT2D eigenvalue weighted by Gasteiger charge is 2.22. The number of ether oxygens (including phenoxy) is 1. The van der Waals surface area contributed by atoms with Crippen LogP contribution < -0.4 is 5.32 Å². The third-order valence-corrected chi connectivity index (χ3v) is 4.56. The minimum atomic E-state index is -0.357. The molecule has 25 heavy (non-hydrogen) atoms. The topological polar surface area (TPSA) is 44.7 Å². The van der Waals surface area contributed by atoms with Crippen LogP contribution in [0, 0.1) is 5.82 Å². The number of hydrogen-bond acceptors (Lipinski definition) is 3. The standard InChI is InChI=1S/C19H21FN2O2S/c20-16-8-2-3-9-17(16)21-19(25)22(13-15-7-5-11-24-15)12-14-6-1-4-10-18(14)23/h1-4,6,8-10,15,23H,5,7,11-13H2,(H,21,25)/t15-/m0/s1. The molecule has 0 amide bonds. The fourth-order valence-corrected chi connectivity index (χ4v) is 3.11. The number of rotatable bonds is 5. The normalized spacial score (nSPS) is 16.6. The maximum Gasteiger partial charge on any atom is 0.173 e. The zero-order chi connectivity index (χ0) is 17.6. The summed E-state index contributed by atoms with van der Waals surface area (Å²) in [6.45, 7) is 1.77. The highest BCUT2D eigenvalue weighted by Crippen LogP contribution is 2.21. The van der Waals surface area contributed by atoms with Crippen LogP contribution in [0.4, 0.5) is 10.1 Å². The molecule has 2 aromatic rings. The predicted molar refractivity (Wildman–Crippen MR) is 100 cm³/mol. The molecule has 0 saturated carbocycles. The molecule has 1 heterocycles. The Bertz CT molecular complexity index is 735. The van der Waals surface area contributed by atoms with E-state index in [1.165, 1.54) is 6.07 Å². The fraction of sp³-hybridized carbons (Fsp3) is 0.316. The van der Waals surface area contributed by atoms with Crippen LogP contribution >= 0.6 is 12.2 Å². The zero-order valence-electron chi connectivity index (χ0n) is 13.8. The quantitative estimate of drug-likeness (QED) is 0.792. The summed E-state index contributed by atoms with van der Waals surface area (Å²) in [5, 5.41) is 13.4. The van der Waals surface area contributed by atoms with E-state index in [0.717, 1.165) is 25.0 Å². The van der Waals surface area contributed by atoms with Gasteiger partial charge < -0.3 is 20.1 Å². The van der Waals surface area contributed by atoms with Gasteiger partial charge in [-0.05, 0) is 43.3 Å². The second-order valence-corrected chi connectivity index (χ2v) is 6.44. The van der Waals surface area contributed by atoms with Gasteiger partial charge in [-0.25, -0.2) is 4.39 Å². The van der Waals surface area contributed by atoms with Crippen molar-refractivity contribution in [2.75, 3.05) is 18.5 Å². The Morgan fingerprint density at radius 2 is 2.00 bits per heavy atom. The van der Waals surface area contributed by atoms with E-state index >= 15 is 0 Å². The lowest BCUT2D eigenvalue weighted by Gasteiger charge is -2.28. The SMILES string of the molecule is Oc1ccccc1CN(C[C@@H]1CCCO1)C(=S)Nc1ccccc1F. The molecule has 0 unspecified atom stereocenters. The van der Waals surface area contributed by atoms with Gasteiger partial charge in [-0.2, -0.15) is 0 Å². The van der Waals surface area contributed by atoms with Crippen molar-refractivity contribution in [3.63, 3.8) is 0 Å². The molecule has 1 atom stereocenters. The fourth-order valence-electron chi connectivity index (χ4n) is 2.86. The van der Waals surface area contributed by atoms with Crippen molar-refractivity contribution in [1.82, 2.24) is 4.90 Å². The van der Waals surface area contributed by atoms with Crippen molar-refractivity contribution in [3.8, 4) is 5.75 Å². The van der Waals surface area contributed by atoms with Gasteiger partial charge in [0.1, 0.15) is 11.6 Å². The van der Waals surface area contributed by atoms with Gasteiger partial charge in [0.2, 0.25) is 0 Å². The largest absolute Gasteiger partial charge is 0.508 e. The molecule has 2 aromatic carbocycles. The molecule has 4 nitrogen and oxygen atoms in total. The number of para-hydroxylation sites is 2. The highest BCUT2D eigenvalue weighted by molar-refractivity contribution is 7.80. The monoisotopic (exact) mass is 360 g/mol. The third-order valence-electron chi connectivity index (χ3n) is 4.20. The molecule has 0 spiro atoms. The van der Waals surface area contributed by atoms with Gasteiger partial charge in [0.05, 0.1) is 11.8 Å². The smallest absolute Gasteiger partial charge is 0.173 e. The van der Waals surface area contributed by atoms with E-state index < -0.39 is 0 Å². The summed E-state index contributed by atoms with van der Waals surface area (Å²) in [4.78, 5) is 1.91. The molecule has 2 N–H and O–H groups in total. The summed E-state index contributed by atoms with van der Waals surface area (Å²) >= 11 is 5.51. The van der Waals surface area contributed by atoms with Crippen molar-refractivity contribution in [1.29, 1.82) is 0 Å². The van der Waals surface area contributed by atoms with E-state index in [-0.39, 0.29) is 17.7 Å². The Labute approximate surface area is 152 Å². The number of hydrogen-bond donors (Lipinski definition) is 2. The molecular formula is C19H21FN2O2S. The minimum Gasteiger partial charge on any atom is -0.508 e. The third kappa shape index (κ3) is 4.67. The molecule has 132 valence electrons. The lowest BCUT2D eigenvalue weighted by molar-refractivity contribution is 0.0903. The Kier molecular flexibility index (Phi) is 5.83. The zero-order valence-corrected chi connectivity index (χ0v) is 14.6. The lowest BCUT2D eigenvalue weighted by Crippen LogP contribution is -2.39. The van der Waals surface area contributed by atoms with Gasteiger partial charge in [-0.3, -0.25) is 0 Å².